The van der Waals surface area contributed by atoms with Crippen LogP contribution in [0.3, 0.4) is 0 Å². The van der Waals surface area contributed by atoms with Gasteiger partial charge in [-0.15, -0.1) is 0 Å². The molecule has 1 aliphatic rings. The topological polar surface area (TPSA) is 82.5 Å². The van der Waals surface area contributed by atoms with Crippen LogP contribution in [0.25, 0.3) is 10.9 Å². The van der Waals surface area contributed by atoms with Crippen molar-refractivity contribution in [2.75, 3.05) is 18.4 Å². The van der Waals surface area contributed by atoms with Crippen LogP contribution in [-0.4, -0.2) is 45.5 Å². The highest BCUT2D eigenvalue weighted by molar-refractivity contribution is 6.39. The number of nitrogens with one attached hydrogen (secondary N) is 1. The van der Waals surface area contributed by atoms with Gasteiger partial charge in [0, 0.05) is 34.3 Å². The normalized spacial score (nSPS) is 23.2. The Morgan fingerprint density at radius 3 is 2.56 bits per heavy atom. The van der Waals surface area contributed by atoms with E-state index in [4.69, 9.17) is 11.6 Å². The highest BCUT2D eigenvalue weighted by atomic mass is 35.5. The lowest BCUT2D eigenvalue weighted by Gasteiger charge is -2.50. The number of aliphatic hydroxyl groups is 1. The van der Waals surface area contributed by atoms with Gasteiger partial charge in [0.25, 0.3) is 0 Å². The second kappa shape index (κ2) is 8.15. The zero-order chi connectivity index (χ0) is 23.1. The van der Waals surface area contributed by atoms with E-state index >= 15 is 0 Å². The molecule has 0 aliphatic carbocycles. The molecule has 0 spiro atoms. The molecule has 6 nitrogen and oxygen atoms in total. The van der Waals surface area contributed by atoms with E-state index in [0.29, 0.717) is 28.0 Å². The minimum absolute atomic E-state index is 0.0461. The van der Waals surface area contributed by atoms with E-state index in [-0.39, 0.29) is 18.9 Å². The predicted octanol–water partition coefficient (Wildman–Crippen LogP) is 3.91. The van der Waals surface area contributed by atoms with Crippen molar-refractivity contribution in [2.45, 2.75) is 31.3 Å². The molecule has 2 heterocycles. The van der Waals surface area contributed by atoms with Crippen molar-refractivity contribution in [1.29, 1.82) is 0 Å². The molecule has 1 aliphatic heterocycles. The molecular formula is C24H23ClFN3O3. The van der Waals surface area contributed by atoms with Gasteiger partial charge in [-0.05, 0) is 67.4 Å². The third kappa shape index (κ3) is 3.94. The molecule has 1 fully saturated rings. The molecule has 2 amide bonds. The maximum Gasteiger partial charge on any atom is 0.313 e. The van der Waals surface area contributed by atoms with Crippen LogP contribution in [0.5, 0.6) is 0 Å². The van der Waals surface area contributed by atoms with E-state index in [2.05, 4.69) is 10.3 Å². The molecule has 8 heteroatoms. The van der Waals surface area contributed by atoms with Gasteiger partial charge in [-0.2, -0.15) is 0 Å². The smallest absolute Gasteiger partial charge is 0.313 e. The van der Waals surface area contributed by atoms with Crippen LogP contribution in [0.2, 0.25) is 5.02 Å². The van der Waals surface area contributed by atoms with Gasteiger partial charge in [0.2, 0.25) is 0 Å². The molecule has 0 unspecified atom stereocenters. The first kappa shape index (κ1) is 22.2. The average Bonchev–Trinajstić information content (AvgIpc) is 2.76. The van der Waals surface area contributed by atoms with Crippen LogP contribution in [0.4, 0.5) is 10.1 Å². The number of fused-ring (bicyclic) bond motifs is 1. The predicted molar refractivity (Wildman–Crippen MR) is 121 cm³/mol. The van der Waals surface area contributed by atoms with Crippen molar-refractivity contribution in [3.05, 3.63) is 71.1 Å². The molecule has 2 aromatic carbocycles. The summed E-state index contributed by atoms with van der Waals surface area (Å²) in [7, 11) is 0. The molecule has 32 heavy (non-hydrogen) atoms. The van der Waals surface area contributed by atoms with Gasteiger partial charge in [0.1, 0.15) is 5.82 Å². The largest absolute Gasteiger partial charge is 0.387 e. The fourth-order valence-corrected chi connectivity index (χ4v) is 4.44. The Morgan fingerprint density at radius 1 is 1.16 bits per heavy atom. The fourth-order valence-electron chi connectivity index (χ4n) is 4.31. The third-order valence-corrected chi connectivity index (χ3v) is 6.70. The van der Waals surface area contributed by atoms with E-state index in [1.807, 2.05) is 6.92 Å². The van der Waals surface area contributed by atoms with Crippen LogP contribution < -0.4 is 5.32 Å². The molecule has 3 aromatic rings. The summed E-state index contributed by atoms with van der Waals surface area (Å²) in [4.78, 5) is 30.9. The number of piperidine rings is 1. The number of anilines is 1. The molecule has 4 rings (SSSR count). The lowest BCUT2D eigenvalue weighted by molar-refractivity contribution is -0.151. The molecule has 1 aromatic heterocycles. The summed E-state index contributed by atoms with van der Waals surface area (Å²) in [6.07, 6.45) is 2.02. The molecule has 0 bridgehead atoms. The molecule has 2 atom stereocenters. The Labute approximate surface area is 190 Å². The lowest BCUT2D eigenvalue weighted by Crippen LogP contribution is -2.62. The number of hydrogen-bond donors (Lipinski definition) is 2. The lowest BCUT2D eigenvalue weighted by atomic mass is 9.64. The number of benzene rings is 2. The fraction of sp³-hybridized carbons (Fsp3) is 0.292. The summed E-state index contributed by atoms with van der Waals surface area (Å²) in [5, 5.41) is 15.1. The van der Waals surface area contributed by atoms with Crippen molar-refractivity contribution >= 4 is 40.0 Å². The number of likely N-dealkylation sites (tertiary alicyclic amines) is 1. The number of carbonyl (C=O) groups excluding carboxylic acids is 2. The maximum absolute atomic E-state index is 14.0. The molecule has 1 saturated heterocycles. The molecule has 2 N–H and O–H groups in total. The van der Waals surface area contributed by atoms with Gasteiger partial charge < -0.3 is 15.3 Å². The first-order chi connectivity index (χ1) is 15.1. The monoisotopic (exact) mass is 455 g/mol. The molecule has 166 valence electrons. The highest BCUT2D eigenvalue weighted by Gasteiger charge is 2.50. The van der Waals surface area contributed by atoms with Gasteiger partial charge in [0.15, 0.2) is 0 Å². The SMILES string of the molecule is C[C@]1(O)CN(C(=O)C(=O)Nc2ccc(Cl)cc2)CC[C@@]1(C)c1ccnc2ccc(F)cc12. The van der Waals surface area contributed by atoms with E-state index in [1.54, 1.807) is 49.5 Å². The van der Waals surface area contributed by atoms with Gasteiger partial charge in [-0.3, -0.25) is 14.6 Å². The molecular weight excluding hydrogens is 433 g/mol. The Bertz CT molecular complexity index is 1200. The van der Waals surface area contributed by atoms with Crippen molar-refractivity contribution in [3.63, 3.8) is 0 Å². The van der Waals surface area contributed by atoms with Crippen molar-refractivity contribution in [1.82, 2.24) is 9.88 Å². The van der Waals surface area contributed by atoms with E-state index < -0.39 is 22.8 Å². The van der Waals surface area contributed by atoms with E-state index in [0.717, 1.165) is 5.56 Å². The second-order valence-electron chi connectivity index (χ2n) is 8.56. The van der Waals surface area contributed by atoms with Gasteiger partial charge in [-0.25, -0.2) is 4.39 Å². The number of rotatable bonds is 2. The van der Waals surface area contributed by atoms with Crippen LogP contribution in [0, 0.1) is 5.82 Å². The number of β-amino-alcohol motifs (C(OH)–C–C–N with tert-alkyl or cyclic N) is 1. The summed E-state index contributed by atoms with van der Waals surface area (Å²) in [6.45, 7) is 3.74. The van der Waals surface area contributed by atoms with Crippen LogP contribution >= 0.6 is 11.6 Å². The van der Waals surface area contributed by atoms with Crippen molar-refractivity contribution < 1.29 is 19.1 Å². The number of carbonyl (C=O) groups is 2. The number of nitrogens with zero attached hydrogens (tertiary/aromatic N) is 2. The minimum atomic E-state index is -1.37. The zero-order valence-electron chi connectivity index (χ0n) is 17.7. The minimum Gasteiger partial charge on any atom is -0.387 e. The van der Waals surface area contributed by atoms with Crippen LogP contribution in [-0.2, 0) is 15.0 Å². The van der Waals surface area contributed by atoms with E-state index in [9.17, 15) is 19.1 Å². The number of amides is 2. The summed E-state index contributed by atoms with van der Waals surface area (Å²) in [5.74, 6) is -1.91. The first-order valence-electron chi connectivity index (χ1n) is 10.2. The third-order valence-electron chi connectivity index (χ3n) is 6.45. The van der Waals surface area contributed by atoms with Crippen molar-refractivity contribution in [2.24, 2.45) is 0 Å². The Hall–Kier alpha value is -3.03. The number of halogens is 2. The standard InChI is InChI=1S/C24H23ClFN3O3/c1-23(19-9-11-27-20-8-5-16(26)13-18(19)20)10-12-29(14-24(23,2)32)22(31)21(30)28-17-6-3-15(25)4-7-17/h3-9,11,13,32H,10,12,14H2,1-2H3,(H,28,30)/t23-,24-/m0/s1. The maximum atomic E-state index is 14.0. The summed E-state index contributed by atoms with van der Waals surface area (Å²) in [6, 6.07) is 12.6. The second-order valence-corrected chi connectivity index (χ2v) is 9.00. The number of aromatic nitrogens is 1. The Kier molecular flexibility index (Phi) is 5.65. The average molecular weight is 456 g/mol. The quantitative estimate of drug-likeness (QED) is 0.574. The van der Waals surface area contributed by atoms with Crippen molar-refractivity contribution in [3.8, 4) is 0 Å². The van der Waals surface area contributed by atoms with Crippen LogP contribution in [0.15, 0.2) is 54.7 Å². The van der Waals surface area contributed by atoms with Crippen LogP contribution in [0.1, 0.15) is 25.8 Å². The summed E-state index contributed by atoms with van der Waals surface area (Å²) < 4.78 is 14.0. The van der Waals surface area contributed by atoms with E-state index in [1.165, 1.54) is 17.0 Å². The first-order valence-corrected chi connectivity index (χ1v) is 10.6. The number of hydrogen-bond acceptors (Lipinski definition) is 4. The Morgan fingerprint density at radius 2 is 1.88 bits per heavy atom. The van der Waals surface area contributed by atoms with Gasteiger partial charge >= 0.3 is 11.8 Å². The van der Waals surface area contributed by atoms with Gasteiger partial charge in [0.05, 0.1) is 17.7 Å². The van der Waals surface area contributed by atoms with Gasteiger partial charge in [-0.1, -0.05) is 18.5 Å². The summed E-state index contributed by atoms with van der Waals surface area (Å²) in [5.41, 5.74) is -0.328. The molecule has 0 saturated carbocycles. The molecule has 0 radical (unpaired) electrons. The summed E-state index contributed by atoms with van der Waals surface area (Å²) >= 11 is 5.85. The highest BCUT2D eigenvalue weighted by Crippen LogP contribution is 2.44. The Balaban J connectivity index is 1.57. The number of pyridine rings is 1. The zero-order valence-corrected chi connectivity index (χ0v) is 18.5.